The second-order valence-corrected chi connectivity index (χ2v) is 5.99. The maximum atomic E-state index is 6.33. The lowest BCUT2D eigenvalue weighted by Crippen LogP contribution is -2.09. The number of aromatic nitrogens is 1. The topological polar surface area (TPSA) is 30.9 Å². The van der Waals surface area contributed by atoms with Gasteiger partial charge in [0.05, 0.1) is 0 Å². The van der Waals surface area contributed by atoms with Gasteiger partial charge in [-0.1, -0.05) is 48.1 Å². The second kappa shape index (κ2) is 5.51. The summed E-state index contributed by atoms with van der Waals surface area (Å²) < 4.78 is 2.16. The molecule has 1 aromatic heterocycles. The Balaban J connectivity index is 2.06. The highest BCUT2D eigenvalue weighted by atomic mass is 35.5. The number of thiocarbonyl (C=S) groups is 1. The first-order valence-electron chi connectivity index (χ1n) is 6.69. The third-order valence-corrected chi connectivity index (χ3v) is 4.20. The lowest BCUT2D eigenvalue weighted by atomic mass is 10.1. The van der Waals surface area contributed by atoms with Crippen LogP contribution in [-0.4, -0.2) is 9.56 Å². The van der Waals surface area contributed by atoms with Crippen LogP contribution in [0.15, 0.2) is 48.7 Å². The lowest BCUT2D eigenvalue weighted by Gasteiger charge is -2.09. The molecule has 0 amide bonds. The molecule has 0 bridgehead atoms. The van der Waals surface area contributed by atoms with Crippen molar-refractivity contribution in [1.29, 1.82) is 0 Å². The van der Waals surface area contributed by atoms with Gasteiger partial charge in [0, 0.05) is 34.2 Å². The number of aryl methyl sites for hydroxylation is 1. The molecule has 0 aliphatic heterocycles. The molecule has 4 heteroatoms. The number of nitrogens with zero attached hydrogens (tertiary/aromatic N) is 1. The van der Waals surface area contributed by atoms with Gasteiger partial charge in [-0.3, -0.25) is 0 Å². The molecule has 2 N–H and O–H groups in total. The molecule has 2 nitrogen and oxygen atoms in total. The average molecular weight is 315 g/mol. The van der Waals surface area contributed by atoms with Gasteiger partial charge in [0.2, 0.25) is 0 Å². The summed E-state index contributed by atoms with van der Waals surface area (Å²) in [7, 11) is 0. The van der Waals surface area contributed by atoms with Crippen molar-refractivity contribution in [3.05, 3.63) is 70.4 Å². The van der Waals surface area contributed by atoms with Crippen LogP contribution in [0.4, 0.5) is 0 Å². The number of hydrogen-bond acceptors (Lipinski definition) is 1. The fourth-order valence-electron chi connectivity index (χ4n) is 2.54. The van der Waals surface area contributed by atoms with E-state index < -0.39 is 0 Å². The molecule has 0 fully saturated rings. The summed E-state index contributed by atoms with van der Waals surface area (Å²) in [6, 6.07) is 14.2. The first kappa shape index (κ1) is 14.1. The number of fused-ring (bicyclic) bond motifs is 1. The number of hydrogen-bond donors (Lipinski definition) is 1. The van der Waals surface area contributed by atoms with Gasteiger partial charge < -0.3 is 10.3 Å². The molecule has 3 aromatic rings. The Morgan fingerprint density at radius 2 is 2.05 bits per heavy atom. The highest BCUT2D eigenvalue weighted by Crippen LogP contribution is 2.24. The standard InChI is InChI=1S/C17H15ClN2S/c1-11-5-6-12(15(18)9-11)10-20-8-7-13-14(17(19)21)3-2-4-16(13)20/h2-9H,10H2,1H3,(H2,19,21). The summed E-state index contributed by atoms with van der Waals surface area (Å²) in [5, 5.41) is 1.87. The van der Waals surface area contributed by atoms with Crippen molar-refractivity contribution in [2.45, 2.75) is 13.5 Å². The second-order valence-electron chi connectivity index (χ2n) is 5.14. The van der Waals surface area contributed by atoms with E-state index in [0.29, 0.717) is 4.99 Å². The Morgan fingerprint density at radius 1 is 1.24 bits per heavy atom. The average Bonchev–Trinajstić information content (AvgIpc) is 2.85. The highest BCUT2D eigenvalue weighted by Gasteiger charge is 2.09. The van der Waals surface area contributed by atoms with Crippen molar-refractivity contribution < 1.29 is 0 Å². The third-order valence-electron chi connectivity index (χ3n) is 3.63. The Morgan fingerprint density at radius 3 is 2.76 bits per heavy atom. The molecule has 0 aliphatic carbocycles. The van der Waals surface area contributed by atoms with E-state index in [1.54, 1.807) is 0 Å². The van der Waals surface area contributed by atoms with E-state index in [4.69, 9.17) is 29.6 Å². The molecule has 0 spiro atoms. The van der Waals surface area contributed by atoms with Gasteiger partial charge in [-0.05, 0) is 36.2 Å². The normalized spacial score (nSPS) is 11.0. The monoisotopic (exact) mass is 314 g/mol. The molecule has 0 saturated heterocycles. The maximum Gasteiger partial charge on any atom is 0.104 e. The minimum absolute atomic E-state index is 0.423. The molecule has 106 valence electrons. The van der Waals surface area contributed by atoms with Gasteiger partial charge in [0.15, 0.2) is 0 Å². The first-order chi connectivity index (χ1) is 10.1. The van der Waals surface area contributed by atoms with E-state index in [0.717, 1.165) is 39.2 Å². The Kier molecular flexibility index (Phi) is 3.70. The molecular weight excluding hydrogens is 300 g/mol. The molecule has 21 heavy (non-hydrogen) atoms. The summed E-state index contributed by atoms with van der Waals surface area (Å²) in [5.41, 5.74) is 10.1. The van der Waals surface area contributed by atoms with E-state index in [1.165, 1.54) is 0 Å². The maximum absolute atomic E-state index is 6.33. The smallest absolute Gasteiger partial charge is 0.104 e. The SMILES string of the molecule is Cc1ccc(Cn2ccc3c(C(N)=S)cccc32)c(Cl)c1. The summed E-state index contributed by atoms with van der Waals surface area (Å²) in [6.45, 7) is 2.76. The van der Waals surface area contributed by atoms with Gasteiger partial charge in [-0.25, -0.2) is 0 Å². The fraction of sp³-hybridized carbons (Fsp3) is 0.118. The third kappa shape index (κ3) is 2.67. The summed E-state index contributed by atoms with van der Waals surface area (Å²) in [4.78, 5) is 0.423. The summed E-state index contributed by atoms with van der Waals surface area (Å²) in [5.74, 6) is 0. The van der Waals surface area contributed by atoms with Crippen molar-refractivity contribution >= 4 is 39.7 Å². The van der Waals surface area contributed by atoms with Crippen molar-refractivity contribution in [2.75, 3.05) is 0 Å². The molecule has 0 aliphatic rings. The van der Waals surface area contributed by atoms with E-state index in [9.17, 15) is 0 Å². The number of benzene rings is 2. The molecule has 0 saturated carbocycles. The number of rotatable bonds is 3. The molecule has 0 unspecified atom stereocenters. The van der Waals surface area contributed by atoms with Crippen LogP contribution < -0.4 is 5.73 Å². The van der Waals surface area contributed by atoms with Crippen LogP contribution in [0.25, 0.3) is 10.9 Å². The summed E-state index contributed by atoms with van der Waals surface area (Å²) >= 11 is 11.4. The van der Waals surface area contributed by atoms with Crippen molar-refractivity contribution in [2.24, 2.45) is 5.73 Å². The lowest BCUT2D eigenvalue weighted by molar-refractivity contribution is 0.836. The Hall–Kier alpha value is -1.84. The molecular formula is C17H15ClN2S. The van der Waals surface area contributed by atoms with Gasteiger partial charge >= 0.3 is 0 Å². The van der Waals surface area contributed by atoms with Crippen LogP contribution in [0.1, 0.15) is 16.7 Å². The number of nitrogens with two attached hydrogens (primary N) is 1. The Bertz CT molecular complexity index is 836. The van der Waals surface area contributed by atoms with E-state index in [1.807, 2.05) is 37.4 Å². The van der Waals surface area contributed by atoms with Gasteiger partial charge in [-0.15, -0.1) is 0 Å². The quantitative estimate of drug-likeness (QED) is 0.731. The van der Waals surface area contributed by atoms with Crippen molar-refractivity contribution in [1.82, 2.24) is 4.57 Å². The zero-order valence-corrected chi connectivity index (χ0v) is 13.2. The molecule has 1 heterocycles. The largest absolute Gasteiger partial charge is 0.389 e. The minimum Gasteiger partial charge on any atom is -0.389 e. The predicted molar refractivity (Wildman–Crippen MR) is 93.1 cm³/mol. The van der Waals surface area contributed by atoms with Crippen LogP contribution in [0.2, 0.25) is 5.02 Å². The van der Waals surface area contributed by atoms with Gasteiger partial charge in [0.1, 0.15) is 4.99 Å². The zero-order valence-electron chi connectivity index (χ0n) is 11.6. The molecule has 0 radical (unpaired) electrons. The Labute approximate surface area is 134 Å². The molecule has 2 aromatic carbocycles. The highest BCUT2D eigenvalue weighted by molar-refractivity contribution is 7.80. The molecule has 0 atom stereocenters. The van der Waals surface area contributed by atoms with Crippen LogP contribution in [0, 0.1) is 6.92 Å². The van der Waals surface area contributed by atoms with E-state index in [2.05, 4.69) is 22.8 Å². The van der Waals surface area contributed by atoms with E-state index >= 15 is 0 Å². The van der Waals surface area contributed by atoms with Crippen molar-refractivity contribution in [3.8, 4) is 0 Å². The summed E-state index contributed by atoms with van der Waals surface area (Å²) in [6.07, 6.45) is 2.04. The fourth-order valence-corrected chi connectivity index (χ4v) is 3.01. The predicted octanol–water partition coefficient (Wildman–Crippen LogP) is 4.29. The van der Waals surface area contributed by atoms with Crippen LogP contribution in [-0.2, 0) is 6.54 Å². The van der Waals surface area contributed by atoms with Crippen LogP contribution >= 0.6 is 23.8 Å². The zero-order chi connectivity index (χ0) is 15.0. The van der Waals surface area contributed by atoms with Gasteiger partial charge in [-0.2, -0.15) is 0 Å². The number of halogens is 1. The van der Waals surface area contributed by atoms with Crippen LogP contribution in [0.5, 0.6) is 0 Å². The van der Waals surface area contributed by atoms with Gasteiger partial charge in [0.25, 0.3) is 0 Å². The molecule has 3 rings (SSSR count). The minimum atomic E-state index is 0.423. The first-order valence-corrected chi connectivity index (χ1v) is 7.47. The van der Waals surface area contributed by atoms with Crippen molar-refractivity contribution in [3.63, 3.8) is 0 Å². The van der Waals surface area contributed by atoms with E-state index in [-0.39, 0.29) is 0 Å². The van der Waals surface area contributed by atoms with Crippen LogP contribution in [0.3, 0.4) is 0 Å².